The number of nitrogens with one attached hydrogen (secondary N) is 1. The molecule has 134 valence electrons. The molecule has 0 aliphatic rings. The summed E-state index contributed by atoms with van der Waals surface area (Å²) in [4.78, 5) is 40.8. The van der Waals surface area contributed by atoms with Gasteiger partial charge in [0.25, 0.3) is 11.5 Å². The Morgan fingerprint density at radius 2 is 1.81 bits per heavy atom. The predicted octanol–water partition coefficient (Wildman–Crippen LogP) is 0.913. The Morgan fingerprint density at radius 3 is 2.54 bits per heavy atom. The van der Waals surface area contributed by atoms with Gasteiger partial charge in [0.2, 0.25) is 0 Å². The standard InChI is InChI=1S/C19H20N4O3/c1-12-6-4-5-7-13(12)10-11-20-17(24)15-9-8-14-16(21-15)22(2)19(26)23(3)18(14)25/h4-9H,10-11H2,1-3H3,(H,20,24). The normalized spacial score (nSPS) is 10.9. The number of amides is 1. The Kier molecular flexibility index (Phi) is 4.71. The van der Waals surface area contributed by atoms with Gasteiger partial charge in [-0.05, 0) is 36.6 Å². The zero-order valence-corrected chi connectivity index (χ0v) is 14.9. The summed E-state index contributed by atoms with van der Waals surface area (Å²) < 4.78 is 2.28. The molecule has 0 aliphatic carbocycles. The second-order valence-electron chi connectivity index (χ2n) is 6.21. The summed E-state index contributed by atoms with van der Waals surface area (Å²) in [6.45, 7) is 2.50. The highest BCUT2D eigenvalue weighted by atomic mass is 16.2. The molecule has 7 heteroatoms. The molecule has 3 aromatic rings. The smallest absolute Gasteiger partial charge is 0.332 e. The molecule has 3 rings (SSSR count). The van der Waals surface area contributed by atoms with Gasteiger partial charge in [0.05, 0.1) is 5.39 Å². The van der Waals surface area contributed by atoms with E-state index in [0.717, 1.165) is 4.57 Å². The van der Waals surface area contributed by atoms with Crippen molar-refractivity contribution in [2.75, 3.05) is 6.54 Å². The molecule has 1 aromatic carbocycles. The highest BCUT2D eigenvalue weighted by molar-refractivity contribution is 5.94. The number of benzene rings is 1. The van der Waals surface area contributed by atoms with Crippen molar-refractivity contribution in [2.45, 2.75) is 13.3 Å². The maximum absolute atomic E-state index is 12.4. The number of aryl methyl sites for hydroxylation is 2. The maximum Gasteiger partial charge on any atom is 0.332 e. The average Bonchev–Trinajstić information content (AvgIpc) is 2.65. The van der Waals surface area contributed by atoms with Crippen molar-refractivity contribution in [3.63, 3.8) is 0 Å². The molecule has 0 radical (unpaired) electrons. The number of rotatable bonds is 4. The van der Waals surface area contributed by atoms with Gasteiger partial charge in [-0.2, -0.15) is 0 Å². The van der Waals surface area contributed by atoms with Crippen LogP contribution >= 0.6 is 0 Å². The molecule has 26 heavy (non-hydrogen) atoms. The van der Waals surface area contributed by atoms with E-state index in [1.807, 2.05) is 31.2 Å². The fourth-order valence-corrected chi connectivity index (χ4v) is 2.87. The number of hydrogen-bond acceptors (Lipinski definition) is 4. The third-order valence-electron chi connectivity index (χ3n) is 4.48. The van der Waals surface area contributed by atoms with Crippen LogP contribution in [0.15, 0.2) is 46.0 Å². The van der Waals surface area contributed by atoms with Gasteiger partial charge in [-0.3, -0.25) is 18.7 Å². The molecule has 0 aliphatic heterocycles. The Morgan fingerprint density at radius 1 is 1.08 bits per heavy atom. The summed E-state index contributed by atoms with van der Waals surface area (Å²) in [6, 6.07) is 11.0. The molecule has 2 heterocycles. The lowest BCUT2D eigenvalue weighted by molar-refractivity contribution is 0.0949. The molecule has 0 atom stereocenters. The van der Waals surface area contributed by atoms with Gasteiger partial charge in [-0.25, -0.2) is 9.78 Å². The lowest BCUT2D eigenvalue weighted by atomic mass is 10.1. The van der Waals surface area contributed by atoms with Gasteiger partial charge in [-0.15, -0.1) is 0 Å². The number of carbonyl (C=O) groups excluding carboxylic acids is 1. The fourth-order valence-electron chi connectivity index (χ4n) is 2.87. The minimum atomic E-state index is -0.480. The molecular formula is C19H20N4O3. The van der Waals surface area contributed by atoms with Crippen LogP contribution in [0, 0.1) is 6.92 Å². The lowest BCUT2D eigenvalue weighted by Gasteiger charge is -2.09. The number of hydrogen-bond donors (Lipinski definition) is 1. The van der Waals surface area contributed by atoms with Crippen LogP contribution in [0.3, 0.4) is 0 Å². The lowest BCUT2D eigenvalue weighted by Crippen LogP contribution is -2.37. The molecular weight excluding hydrogens is 332 g/mol. The molecule has 7 nitrogen and oxygen atoms in total. The summed E-state index contributed by atoms with van der Waals surface area (Å²) in [7, 11) is 2.94. The van der Waals surface area contributed by atoms with Gasteiger partial charge >= 0.3 is 5.69 Å². The van der Waals surface area contributed by atoms with E-state index in [-0.39, 0.29) is 17.2 Å². The summed E-state index contributed by atoms with van der Waals surface area (Å²) in [5.41, 5.74) is 1.81. The monoisotopic (exact) mass is 352 g/mol. The first kappa shape index (κ1) is 17.6. The Balaban J connectivity index is 1.82. The van der Waals surface area contributed by atoms with Crippen LogP contribution < -0.4 is 16.6 Å². The second-order valence-corrected chi connectivity index (χ2v) is 6.21. The number of nitrogens with zero attached hydrogens (tertiary/aromatic N) is 3. The largest absolute Gasteiger partial charge is 0.350 e. The van der Waals surface area contributed by atoms with E-state index in [1.165, 1.54) is 41.9 Å². The van der Waals surface area contributed by atoms with Crippen molar-refractivity contribution in [2.24, 2.45) is 14.1 Å². The SMILES string of the molecule is Cc1ccccc1CCNC(=O)c1ccc2c(=O)n(C)c(=O)n(C)c2n1. The van der Waals surface area contributed by atoms with E-state index in [0.29, 0.717) is 18.4 Å². The highest BCUT2D eigenvalue weighted by Crippen LogP contribution is 2.08. The first-order valence-corrected chi connectivity index (χ1v) is 8.29. The maximum atomic E-state index is 12.4. The van der Waals surface area contributed by atoms with E-state index in [9.17, 15) is 14.4 Å². The molecule has 0 spiro atoms. The molecule has 0 saturated heterocycles. The molecule has 1 amide bonds. The van der Waals surface area contributed by atoms with Gasteiger partial charge < -0.3 is 5.32 Å². The molecule has 0 unspecified atom stereocenters. The van der Waals surface area contributed by atoms with Crippen molar-refractivity contribution >= 4 is 16.9 Å². The third-order valence-corrected chi connectivity index (χ3v) is 4.48. The number of carbonyl (C=O) groups is 1. The first-order chi connectivity index (χ1) is 12.4. The summed E-state index contributed by atoms with van der Waals surface area (Å²) >= 11 is 0. The van der Waals surface area contributed by atoms with E-state index in [4.69, 9.17) is 0 Å². The molecule has 0 fully saturated rings. The molecule has 0 saturated carbocycles. The fraction of sp³-hybridized carbons (Fsp3) is 0.263. The Labute approximate surface area is 149 Å². The van der Waals surface area contributed by atoms with Crippen LogP contribution in [-0.4, -0.2) is 26.6 Å². The summed E-state index contributed by atoms with van der Waals surface area (Å²) in [5.74, 6) is -0.339. The summed E-state index contributed by atoms with van der Waals surface area (Å²) in [6.07, 6.45) is 0.713. The Hall–Kier alpha value is -3.22. The van der Waals surface area contributed by atoms with Crippen LogP contribution in [0.25, 0.3) is 11.0 Å². The first-order valence-electron chi connectivity index (χ1n) is 8.29. The van der Waals surface area contributed by atoms with Gasteiger partial charge in [0.15, 0.2) is 0 Å². The Bertz CT molecular complexity index is 1110. The van der Waals surface area contributed by atoms with E-state index in [2.05, 4.69) is 10.3 Å². The van der Waals surface area contributed by atoms with Crippen molar-refractivity contribution in [3.8, 4) is 0 Å². The van der Waals surface area contributed by atoms with Gasteiger partial charge in [0, 0.05) is 20.6 Å². The zero-order valence-electron chi connectivity index (χ0n) is 14.9. The van der Waals surface area contributed by atoms with Crippen molar-refractivity contribution < 1.29 is 4.79 Å². The number of pyridine rings is 1. The molecule has 2 aromatic heterocycles. The predicted molar refractivity (Wildman–Crippen MR) is 99.4 cm³/mol. The highest BCUT2D eigenvalue weighted by Gasteiger charge is 2.13. The van der Waals surface area contributed by atoms with E-state index >= 15 is 0 Å². The number of fused-ring (bicyclic) bond motifs is 1. The minimum Gasteiger partial charge on any atom is -0.350 e. The minimum absolute atomic E-state index is 0.172. The van der Waals surface area contributed by atoms with Crippen LogP contribution in [-0.2, 0) is 20.5 Å². The third kappa shape index (κ3) is 3.15. The van der Waals surface area contributed by atoms with Crippen LogP contribution in [0.4, 0.5) is 0 Å². The number of aromatic nitrogens is 3. The van der Waals surface area contributed by atoms with E-state index in [1.54, 1.807) is 0 Å². The van der Waals surface area contributed by atoms with E-state index < -0.39 is 11.2 Å². The molecule has 1 N–H and O–H groups in total. The average molecular weight is 352 g/mol. The quantitative estimate of drug-likeness (QED) is 0.756. The van der Waals surface area contributed by atoms with Crippen molar-refractivity contribution in [1.29, 1.82) is 0 Å². The summed E-state index contributed by atoms with van der Waals surface area (Å²) in [5, 5.41) is 3.12. The van der Waals surface area contributed by atoms with Gasteiger partial charge in [-0.1, -0.05) is 24.3 Å². The molecule has 0 bridgehead atoms. The zero-order chi connectivity index (χ0) is 18.8. The van der Waals surface area contributed by atoms with Crippen LogP contribution in [0.5, 0.6) is 0 Å². The van der Waals surface area contributed by atoms with Crippen LogP contribution in [0.2, 0.25) is 0 Å². The second kappa shape index (κ2) is 6.95. The van der Waals surface area contributed by atoms with Crippen LogP contribution in [0.1, 0.15) is 21.6 Å². The van der Waals surface area contributed by atoms with Crippen molar-refractivity contribution in [1.82, 2.24) is 19.4 Å². The topological polar surface area (TPSA) is 86.0 Å². The van der Waals surface area contributed by atoms with Crippen molar-refractivity contribution in [3.05, 3.63) is 74.1 Å². The van der Waals surface area contributed by atoms with Gasteiger partial charge in [0.1, 0.15) is 11.3 Å².